The molecule has 1 aromatic carbocycles. The van der Waals surface area contributed by atoms with Gasteiger partial charge in [0.15, 0.2) is 5.96 Å². The van der Waals surface area contributed by atoms with Gasteiger partial charge in [0, 0.05) is 6.54 Å². The first-order valence-corrected chi connectivity index (χ1v) is 4.43. The van der Waals surface area contributed by atoms with Crippen LogP contribution in [0.1, 0.15) is 11.1 Å². The number of benzene rings is 1. The minimum Gasteiger partial charge on any atom is -0.508 e. The van der Waals surface area contributed by atoms with Crippen LogP contribution in [0.2, 0.25) is 0 Å². The fourth-order valence-electron chi connectivity index (χ4n) is 1.19. The minimum absolute atomic E-state index is 0.112. The smallest absolute Gasteiger partial charge is 0.185 e. The van der Waals surface area contributed by atoms with Crippen molar-refractivity contribution in [1.29, 1.82) is 0 Å². The van der Waals surface area contributed by atoms with Gasteiger partial charge in [-0.05, 0) is 30.5 Å². The summed E-state index contributed by atoms with van der Waals surface area (Å²) in [6.07, 6.45) is 0.777. The summed E-state index contributed by atoms with van der Waals surface area (Å²) in [5, 5.41) is 9.29. The highest BCUT2D eigenvalue weighted by Crippen LogP contribution is 2.17. The van der Waals surface area contributed by atoms with Crippen LogP contribution in [0, 0.1) is 6.92 Å². The van der Waals surface area contributed by atoms with Crippen LogP contribution in [-0.2, 0) is 6.42 Å². The van der Waals surface area contributed by atoms with Gasteiger partial charge in [-0.3, -0.25) is 4.99 Å². The van der Waals surface area contributed by atoms with Gasteiger partial charge in [0.2, 0.25) is 0 Å². The average molecular weight is 193 g/mol. The number of aromatic hydroxyl groups is 1. The molecular weight excluding hydrogens is 178 g/mol. The predicted octanol–water partition coefficient (Wildman–Crippen LogP) is 0.517. The summed E-state index contributed by atoms with van der Waals surface area (Å²) in [4.78, 5) is 3.88. The molecule has 0 aromatic heterocycles. The molecule has 1 aromatic rings. The molecule has 0 saturated carbocycles. The molecule has 0 aliphatic rings. The largest absolute Gasteiger partial charge is 0.508 e. The number of rotatable bonds is 3. The van der Waals surface area contributed by atoms with E-state index in [-0.39, 0.29) is 5.96 Å². The van der Waals surface area contributed by atoms with Crippen molar-refractivity contribution >= 4 is 5.96 Å². The van der Waals surface area contributed by atoms with E-state index in [1.807, 2.05) is 19.1 Å². The summed E-state index contributed by atoms with van der Waals surface area (Å²) < 4.78 is 0. The quantitative estimate of drug-likeness (QED) is 0.483. The molecule has 0 aliphatic carbocycles. The Morgan fingerprint density at radius 3 is 2.71 bits per heavy atom. The number of aliphatic imine (C=N–C) groups is 1. The summed E-state index contributed by atoms with van der Waals surface area (Å²) in [6, 6.07) is 5.47. The Morgan fingerprint density at radius 1 is 1.43 bits per heavy atom. The maximum atomic E-state index is 9.29. The molecule has 76 valence electrons. The van der Waals surface area contributed by atoms with Gasteiger partial charge in [-0.15, -0.1) is 0 Å². The highest BCUT2D eigenvalue weighted by atomic mass is 16.3. The molecule has 5 N–H and O–H groups in total. The Kier molecular flexibility index (Phi) is 3.34. The van der Waals surface area contributed by atoms with Crippen molar-refractivity contribution in [3.63, 3.8) is 0 Å². The molecule has 0 fully saturated rings. The van der Waals surface area contributed by atoms with Crippen LogP contribution in [0.5, 0.6) is 5.75 Å². The second kappa shape index (κ2) is 4.50. The molecule has 0 heterocycles. The van der Waals surface area contributed by atoms with Gasteiger partial charge in [0.1, 0.15) is 5.75 Å². The molecule has 0 bridgehead atoms. The number of nitrogens with two attached hydrogens (primary N) is 2. The third kappa shape index (κ3) is 2.97. The van der Waals surface area contributed by atoms with Gasteiger partial charge in [-0.2, -0.15) is 0 Å². The van der Waals surface area contributed by atoms with E-state index in [4.69, 9.17) is 11.5 Å². The zero-order valence-corrected chi connectivity index (χ0v) is 8.20. The molecule has 0 spiro atoms. The van der Waals surface area contributed by atoms with Crippen molar-refractivity contribution in [2.24, 2.45) is 16.5 Å². The molecule has 0 atom stereocenters. The molecule has 0 unspecified atom stereocenters. The van der Waals surface area contributed by atoms with Gasteiger partial charge in [-0.1, -0.05) is 12.1 Å². The number of guanidine groups is 1. The Hall–Kier alpha value is -1.71. The lowest BCUT2D eigenvalue weighted by atomic mass is 10.1. The lowest BCUT2D eigenvalue weighted by Gasteiger charge is -2.02. The maximum absolute atomic E-state index is 9.29. The van der Waals surface area contributed by atoms with E-state index in [2.05, 4.69) is 4.99 Å². The van der Waals surface area contributed by atoms with Crippen LogP contribution >= 0.6 is 0 Å². The summed E-state index contributed by atoms with van der Waals surface area (Å²) in [7, 11) is 0. The van der Waals surface area contributed by atoms with Crippen LogP contribution in [0.25, 0.3) is 0 Å². The molecule has 14 heavy (non-hydrogen) atoms. The fraction of sp³-hybridized carbons (Fsp3) is 0.300. The highest BCUT2D eigenvalue weighted by Gasteiger charge is 1.97. The second-order valence-electron chi connectivity index (χ2n) is 3.18. The van der Waals surface area contributed by atoms with E-state index in [1.165, 1.54) is 0 Å². The zero-order valence-electron chi connectivity index (χ0n) is 8.20. The molecule has 0 saturated heterocycles. The lowest BCUT2D eigenvalue weighted by Crippen LogP contribution is -2.23. The van der Waals surface area contributed by atoms with E-state index in [0.29, 0.717) is 12.3 Å². The molecule has 1 rings (SSSR count). The molecule has 0 amide bonds. The number of phenols is 1. The Labute approximate surface area is 83.3 Å². The van der Waals surface area contributed by atoms with Crippen molar-refractivity contribution in [2.45, 2.75) is 13.3 Å². The summed E-state index contributed by atoms with van der Waals surface area (Å²) >= 11 is 0. The second-order valence-corrected chi connectivity index (χ2v) is 3.18. The van der Waals surface area contributed by atoms with E-state index >= 15 is 0 Å². The van der Waals surface area contributed by atoms with Crippen molar-refractivity contribution < 1.29 is 5.11 Å². The molecule has 4 nitrogen and oxygen atoms in total. The van der Waals surface area contributed by atoms with Gasteiger partial charge in [0.25, 0.3) is 0 Å². The van der Waals surface area contributed by atoms with Crippen LogP contribution in [0.3, 0.4) is 0 Å². The Bertz CT molecular complexity index is 343. The number of aryl methyl sites for hydroxylation is 1. The summed E-state index contributed by atoms with van der Waals surface area (Å²) in [5.41, 5.74) is 12.4. The van der Waals surface area contributed by atoms with Crippen molar-refractivity contribution in [2.75, 3.05) is 6.54 Å². The lowest BCUT2D eigenvalue weighted by molar-refractivity contribution is 0.471. The van der Waals surface area contributed by atoms with E-state index < -0.39 is 0 Å². The Balaban J connectivity index is 2.60. The van der Waals surface area contributed by atoms with Gasteiger partial charge in [0.05, 0.1) is 0 Å². The number of phenolic OH excluding ortho intramolecular Hbond substituents is 1. The Morgan fingerprint density at radius 2 is 2.14 bits per heavy atom. The minimum atomic E-state index is 0.112. The van der Waals surface area contributed by atoms with Crippen LogP contribution < -0.4 is 11.5 Å². The normalized spacial score (nSPS) is 9.79. The SMILES string of the molecule is Cc1cc(CCN=C(N)N)ccc1O. The molecule has 0 aliphatic heterocycles. The summed E-state index contributed by atoms with van der Waals surface area (Å²) in [5.74, 6) is 0.427. The first-order valence-electron chi connectivity index (χ1n) is 4.43. The van der Waals surface area contributed by atoms with Crippen LogP contribution in [0.15, 0.2) is 23.2 Å². The highest BCUT2D eigenvalue weighted by molar-refractivity contribution is 5.75. The van der Waals surface area contributed by atoms with Crippen LogP contribution in [0.4, 0.5) is 0 Å². The molecule has 4 heteroatoms. The van der Waals surface area contributed by atoms with Crippen molar-refractivity contribution in [3.8, 4) is 5.75 Å². The first kappa shape index (κ1) is 10.4. The van der Waals surface area contributed by atoms with E-state index in [9.17, 15) is 5.11 Å². The number of nitrogens with zero attached hydrogens (tertiary/aromatic N) is 1. The topological polar surface area (TPSA) is 84.6 Å². The summed E-state index contributed by atoms with van der Waals surface area (Å²) in [6.45, 7) is 2.44. The number of hydrogen-bond donors (Lipinski definition) is 3. The van der Waals surface area contributed by atoms with Crippen molar-refractivity contribution in [1.82, 2.24) is 0 Å². The third-order valence-electron chi connectivity index (χ3n) is 1.96. The monoisotopic (exact) mass is 193 g/mol. The maximum Gasteiger partial charge on any atom is 0.185 e. The fourth-order valence-corrected chi connectivity index (χ4v) is 1.19. The molecule has 0 radical (unpaired) electrons. The average Bonchev–Trinajstić information content (AvgIpc) is 2.10. The van der Waals surface area contributed by atoms with Gasteiger partial charge < -0.3 is 16.6 Å². The first-order chi connectivity index (χ1) is 6.59. The van der Waals surface area contributed by atoms with E-state index in [1.54, 1.807) is 6.07 Å². The molecular formula is C10H15N3O. The van der Waals surface area contributed by atoms with Crippen molar-refractivity contribution in [3.05, 3.63) is 29.3 Å². The van der Waals surface area contributed by atoms with E-state index in [0.717, 1.165) is 17.5 Å². The number of hydrogen-bond acceptors (Lipinski definition) is 2. The third-order valence-corrected chi connectivity index (χ3v) is 1.96. The van der Waals surface area contributed by atoms with Gasteiger partial charge in [-0.25, -0.2) is 0 Å². The predicted molar refractivity (Wildman–Crippen MR) is 57.2 cm³/mol. The standard InChI is InChI=1S/C10H15N3O/c1-7-6-8(2-3-9(7)14)4-5-13-10(11)12/h2-3,6,14H,4-5H2,1H3,(H4,11,12,13). The van der Waals surface area contributed by atoms with Gasteiger partial charge >= 0.3 is 0 Å². The zero-order chi connectivity index (χ0) is 10.6. The van der Waals surface area contributed by atoms with Crippen LogP contribution in [-0.4, -0.2) is 17.6 Å².